The Morgan fingerprint density at radius 2 is 1.68 bits per heavy atom. The summed E-state index contributed by atoms with van der Waals surface area (Å²) in [6, 6.07) is 17.3. The van der Waals surface area contributed by atoms with Gasteiger partial charge in [-0.3, -0.25) is 4.79 Å². The quantitative estimate of drug-likeness (QED) is 0.295. The average Bonchev–Trinajstić information content (AvgIpc) is 2.75. The number of hydrogen-bond acceptors (Lipinski definition) is 3. The summed E-state index contributed by atoms with van der Waals surface area (Å²) < 4.78 is 0.955. The van der Waals surface area contributed by atoms with Gasteiger partial charge in [-0.25, -0.2) is 4.79 Å². The molecule has 0 aliphatic carbocycles. The monoisotopic (exact) mass is 489 g/mol. The van der Waals surface area contributed by atoms with Gasteiger partial charge < -0.3 is 21.5 Å². The number of amides is 2. The van der Waals surface area contributed by atoms with E-state index in [4.69, 9.17) is 10.8 Å². The van der Waals surface area contributed by atoms with Crippen LogP contribution >= 0.6 is 15.9 Å². The van der Waals surface area contributed by atoms with E-state index in [1.807, 2.05) is 42.5 Å². The van der Waals surface area contributed by atoms with Gasteiger partial charge in [0.25, 0.3) is 0 Å². The van der Waals surface area contributed by atoms with Crippen LogP contribution in [0.25, 0.3) is 0 Å². The van der Waals surface area contributed by atoms with Crippen molar-refractivity contribution in [1.29, 1.82) is 0 Å². The van der Waals surface area contributed by atoms with Crippen LogP contribution in [-0.4, -0.2) is 29.2 Å². The molecule has 0 aliphatic heterocycles. The minimum absolute atomic E-state index is 0.108. The standard InChI is InChI=1S/C24H32BrN3O3/c1-18(19-8-3-2-4-9-19)24(26,16-7-10-22(29)30)15-5-6-17-27-23(31)28-21-13-11-20(25)12-14-21/h2-4,8-9,11-14,18H,5-7,10,15-17,26H2,1H3,(H,29,30)(H2,27,28,31)/t18-,24?/m1/s1. The summed E-state index contributed by atoms with van der Waals surface area (Å²) in [5.74, 6) is -0.688. The third-order valence-corrected chi connectivity index (χ3v) is 6.18. The molecule has 0 aliphatic rings. The second kappa shape index (κ2) is 12.5. The molecule has 0 saturated heterocycles. The van der Waals surface area contributed by atoms with Gasteiger partial charge in [0.2, 0.25) is 0 Å². The minimum Gasteiger partial charge on any atom is -0.481 e. The number of anilines is 1. The number of carbonyl (C=O) groups excluding carboxylic acids is 1. The van der Waals surface area contributed by atoms with Crippen molar-refractivity contribution in [2.24, 2.45) is 5.73 Å². The predicted octanol–water partition coefficient (Wildman–Crippen LogP) is 5.50. The van der Waals surface area contributed by atoms with Crippen molar-refractivity contribution in [3.05, 3.63) is 64.6 Å². The molecule has 6 nitrogen and oxygen atoms in total. The Bertz CT molecular complexity index is 830. The largest absolute Gasteiger partial charge is 0.481 e. The highest BCUT2D eigenvalue weighted by Crippen LogP contribution is 2.34. The lowest BCUT2D eigenvalue weighted by Crippen LogP contribution is -2.45. The van der Waals surface area contributed by atoms with Crippen LogP contribution in [0.3, 0.4) is 0 Å². The van der Waals surface area contributed by atoms with Crippen LogP contribution in [-0.2, 0) is 4.79 Å². The first kappa shape index (κ1) is 24.9. The number of aliphatic carboxylic acids is 1. The highest BCUT2D eigenvalue weighted by atomic mass is 79.9. The maximum absolute atomic E-state index is 12.0. The van der Waals surface area contributed by atoms with E-state index in [1.54, 1.807) is 0 Å². The van der Waals surface area contributed by atoms with E-state index in [2.05, 4.69) is 45.6 Å². The Morgan fingerprint density at radius 3 is 2.32 bits per heavy atom. The van der Waals surface area contributed by atoms with E-state index in [-0.39, 0.29) is 18.4 Å². The smallest absolute Gasteiger partial charge is 0.319 e. The molecule has 0 saturated carbocycles. The van der Waals surface area contributed by atoms with Gasteiger partial charge in [0, 0.05) is 28.7 Å². The second-order valence-corrected chi connectivity index (χ2v) is 8.87. The molecule has 2 aromatic carbocycles. The summed E-state index contributed by atoms with van der Waals surface area (Å²) in [5, 5.41) is 14.7. The zero-order valence-electron chi connectivity index (χ0n) is 17.9. The molecular formula is C24H32BrN3O3. The molecule has 2 rings (SSSR count). The number of urea groups is 1. The van der Waals surface area contributed by atoms with Crippen molar-refractivity contribution < 1.29 is 14.7 Å². The Morgan fingerprint density at radius 1 is 1.03 bits per heavy atom. The lowest BCUT2D eigenvalue weighted by Gasteiger charge is -2.36. The fourth-order valence-corrected chi connectivity index (χ4v) is 3.95. The number of unbranched alkanes of at least 4 members (excludes halogenated alkanes) is 1. The van der Waals surface area contributed by atoms with Crippen LogP contribution < -0.4 is 16.4 Å². The molecule has 2 atom stereocenters. The molecule has 0 bridgehead atoms. The van der Waals surface area contributed by atoms with Crippen LogP contribution in [0.15, 0.2) is 59.1 Å². The number of carboxylic acids is 1. The van der Waals surface area contributed by atoms with Gasteiger partial charge in [0.15, 0.2) is 0 Å². The summed E-state index contributed by atoms with van der Waals surface area (Å²) in [5.41, 5.74) is 8.22. The number of carboxylic acid groups (broad SMARTS) is 1. The molecule has 31 heavy (non-hydrogen) atoms. The van der Waals surface area contributed by atoms with E-state index in [1.165, 1.54) is 0 Å². The zero-order chi connectivity index (χ0) is 22.7. The number of rotatable bonds is 12. The highest BCUT2D eigenvalue weighted by Gasteiger charge is 2.32. The van der Waals surface area contributed by atoms with Crippen molar-refractivity contribution in [1.82, 2.24) is 5.32 Å². The number of nitrogens with two attached hydrogens (primary N) is 1. The molecular weight excluding hydrogens is 458 g/mol. The summed E-state index contributed by atoms with van der Waals surface area (Å²) in [7, 11) is 0. The van der Waals surface area contributed by atoms with E-state index in [0.717, 1.165) is 35.0 Å². The SMILES string of the molecule is C[C@H](c1ccccc1)C(N)(CCCCNC(=O)Nc1ccc(Br)cc1)CCCC(=O)O. The van der Waals surface area contributed by atoms with Crippen LogP contribution in [0, 0.1) is 0 Å². The molecule has 0 aromatic heterocycles. The van der Waals surface area contributed by atoms with E-state index in [9.17, 15) is 9.59 Å². The number of carbonyl (C=O) groups is 2. The summed E-state index contributed by atoms with van der Waals surface area (Å²) >= 11 is 3.37. The number of halogens is 1. The molecule has 0 heterocycles. The molecule has 2 amide bonds. The van der Waals surface area contributed by atoms with Crippen LogP contribution in [0.4, 0.5) is 10.5 Å². The third kappa shape index (κ3) is 8.71. The molecule has 7 heteroatoms. The van der Waals surface area contributed by atoms with Crippen LogP contribution in [0.2, 0.25) is 0 Å². The molecule has 5 N–H and O–H groups in total. The van der Waals surface area contributed by atoms with E-state index in [0.29, 0.717) is 19.4 Å². The van der Waals surface area contributed by atoms with Crippen molar-refractivity contribution in [2.45, 2.75) is 56.9 Å². The van der Waals surface area contributed by atoms with Gasteiger partial charge in [-0.1, -0.05) is 53.2 Å². The first-order valence-electron chi connectivity index (χ1n) is 10.7. The Balaban J connectivity index is 1.82. The number of nitrogens with one attached hydrogen (secondary N) is 2. The van der Waals surface area contributed by atoms with Gasteiger partial charge in [0.1, 0.15) is 0 Å². The topological polar surface area (TPSA) is 104 Å². The van der Waals surface area contributed by atoms with Crippen molar-refractivity contribution in [3.63, 3.8) is 0 Å². The molecule has 0 fully saturated rings. The van der Waals surface area contributed by atoms with Gasteiger partial charge in [-0.05, 0) is 67.9 Å². The van der Waals surface area contributed by atoms with Crippen LogP contribution in [0.1, 0.15) is 56.9 Å². The number of hydrogen-bond donors (Lipinski definition) is 4. The molecule has 1 unspecified atom stereocenters. The Labute approximate surface area is 192 Å². The van der Waals surface area contributed by atoms with Gasteiger partial charge >= 0.3 is 12.0 Å². The van der Waals surface area contributed by atoms with Crippen molar-refractivity contribution in [2.75, 3.05) is 11.9 Å². The normalized spacial score (nSPS) is 13.8. The van der Waals surface area contributed by atoms with E-state index >= 15 is 0 Å². The maximum Gasteiger partial charge on any atom is 0.319 e. The number of benzene rings is 2. The van der Waals surface area contributed by atoms with Gasteiger partial charge in [0.05, 0.1) is 0 Å². The minimum atomic E-state index is -0.796. The summed E-state index contributed by atoms with van der Waals surface area (Å²) in [6.07, 6.45) is 3.73. The first-order valence-corrected chi connectivity index (χ1v) is 11.5. The summed E-state index contributed by atoms with van der Waals surface area (Å²) in [6.45, 7) is 2.66. The molecule has 168 valence electrons. The van der Waals surface area contributed by atoms with Gasteiger partial charge in [-0.2, -0.15) is 0 Å². The molecule has 0 radical (unpaired) electrons. The maximum atomic E-state index is 12.0. The average molecular weight is 490 g/mol. The van der Waals surface area contributed by atoms with Crippen molar-refractivity contribution in [3.8, 4) is 0 Å². The fraction of sp³-hybridized carbons (Fsp3) is 0.417. The van der Waals surface area contributed by atoms with Crippen LogP contribution in [0.5, 0.6) is 0 Å². The van der Waals surface area contributed by atoms with Crippen molar-refractivity contribution >= 4 is 33.6 Å². The zero-order valence-corrected chi connectivity index (χ0v) is 19.5. The Kier molecular flexibility index (Phi) is 10.0. The Hall–Kier alpha value is -2.38. The third-order valence-electron chi connectivity index (χ3n) is 5.65. The van der Waals surface area contributed by atoms with E-state index < -0.39 is 11.5 Å². The molecule has 2 aromatic rings. The van der Waals surface area contributed by atoms with Gasteiger partial charge in [-0.15, -0.1) is 0 Å². The second-order valence-electron chi connectivity index (χ2n) is 7.96. The molecule has 0 spiro atoms. The lowest BCUT2D eigenvalue weighted by molar-refractivity contribution is -0.137. The predicted molar refractivity (Wildman–Crippen MR) is 128 cm³/mol. The highest BCUT2D eigenvalue weighted by molar-refractivity contribution is 9.10. The fourth-order valence-electron chi connectivity index (χ4n) is 3.69. The lowest BCUT2D eigenvalue weighted by atomic mass is 9.74. The first-order chi connectivity index (χ1) is 14.8. The summed E-state index contributed by atoms with van der Waals surface area (Å²) in [4.78, 5) is 23.0.